The molecule has 0 amide bonds. The maximum Gasteiger partial charge on any atom is 0.269 e. The van der Waals surface area contributed by atoms with E-state index in [1.54, 1.807) is 0 Å². The minimum Gasteiger partial charge on any atom is -0.258 e. The summed E-state index contributed by atoms with van der Waals surface area (Å²) in [5, 5.41) is 20.0. The smallest absolute Gasteiger partial charge is 0.258 e. The van der Waals surface area contributed by atoms with E-state index in [-0.39, 0.29) is 11.4 Å². The molecule has 0 aromatic heterocycles. The molecule has 124 valence electrons. The number of hydrogen-bond donors (Lipinski definition) is 0. The Labute approximate surface area is 135 Å². The van der Waals surface area contributed by atoms with Gasteiger partial charge in [0, 0.05) is 18.7 Å². The molecule has 0 radical (unpaired) electrons. The first-order valence-electron chi connectivity index (χ1n) is 7.30. The lowest BCUT2D eigenvalue weighted by Gasteiger charge is -2.41. The van der Waals surface area contributed by atoms with Crippen LogP contribution >= 0.6 is 0 Å². The number of rotatable bonds is 4. The van der Waals surface area contributed by atoms with Crippen molar-refractivity contribution in [3.8, 4) is 6.07 Å². The van der Waals surface area contributed by atoms with Crippen molar-refractivity contribution in [3.05, 3.63) is 39.9 Å². The molecule has 0 spiro atoms. The Hall–Kier alpha value is -1.98. The van der Waals surface area contributed by atoms with Gasteiger partial charge in [0.1, 0.15) is 6.04 Å². The molecular weight excluding hydrogens is 318 g/mol. The van der Waals surface area contributed by atoms with Gasteiger partial charge in [0.15, 0.2) is 0 Å². The number of non-ortho nitro benzene ring substituents is 1. The average Bonchev–Trinajstić information content (AvgIpc) is 2.46. The molecule has 2 rings (SSSR count). The van der Waals surface area contributed by atoms with Crippen LogP contribution in [0, 0.1) is 26.9 Å². The van der Waals surface area contributed by atoms with Gasteiger partial charge in [0.2, 0.25) is 10.0 Å². The van der Waals surface area contributed by atoms with E-state index in [1.165, 1.54) is 28.6 Å². The third kappa shape index (κ3) is 3.68. The summed E-state index contributed by atoms with van der Waals surface area (Å²) in [5.41, 5.74) is -0.00829. The number of benzene rings is 1. The van der Waals surface area contributed by atoms with Gasteiger partial charge >= 0.3 is 0 Å². The molecule has 8 heteroatoms. The van der Waals surface area contributed by atoms with E-state index >= 15 is 0 Å². The third-order valence-electron chi connectivity index (χ3n) is 4.20. The summed E-state index contributed by atoms with van der Waals surface area (Å²) in [7, 11) is -3.66. The highest BCUT2D eigenvalue weighted by Crippen LogP contribution is 2.36. The highest BCUT2D eigenvalue weighted by atomic mass is 32.2. The molecule has 0 N–H and O–H groups in total. The van der Waals surface area contributed by atoms with Crippen molar-refractivity contribution in [3.63, 3.8) is 0 Å². The van der Waals surface area contributed by atoms with Crippen LogP contribution in [0.5, 0.6) is 0 Å². The van der Waals surface area contributed by atoms with Gasteiger partial charge in [0.05, 0.1) is 16.7 Å². The SMILES string of the molecule is CC1(C)CCCN(S(=O)(=O)Cc2ccc([N+](=O)[O-])cc2)[C@@H]1C#N. The second-order valence-electron chi connectivity index (χ2n) is 6.41. The molecule has 1 aliphatic rings. The van der Waals surface area contributed by atoms with Crippen LogP contribution in [0.25, 0.3) is 0 Å². The van der Waals surface area contributed by atoms with Gasteiger partial charge in [-0.2, -0.15) is 9.57 Å². The van der Waals surface area contributed by atoms with Gasteiger partial charge in [0.25, 0.3) is 5.69 Å². The van der Waals surface area contributed by atoms with Crippen LogP contribution in [0.3, 0.4) is 0 Å². The number of nitro groups is 1. The van der Waals surface area contributed by atoms with Crippen molar-refractivity contribution in [2.45, 2.75) is 38.5 Å². The maximum atomic E-state index is 12.7. The Morgan fingerprint density at radius 1 is 1.39 bits per heavy atom. The van der Waals surface area contributed by atoms with Crippen molar-refractivity contribution in [1.29, 1.82) is 5.26 Å². The molecule has 1 aromatic carbocycles. The fourth-order valence-corrected chi connectivity index (χ4v) is 4.73. The van der Waals surface area contributed by atoms with E-state index in [0.717, 1.165) is 6.42 Å². The molecule has 1 heterocycles. The zero-order valence-corrected chi connectivity index (χ0v) is 13.9. The van der Waals surface area contributed by atoms with E-state index in [0.29, 0.717) is 18.5 Å². The Bertz CT molecular complexity index is 735. The van der Waals surface area contributed by atoms with E-state index in [1.807, 2.05) is 13.8 Å². The second kappa shape index (κ2) is 6.26. The van der Waals surface area contributed by atoms with Gasteiger partial charge in [-0.15, -0.1) is 0 Å². The predicted molar refractivity (Wildman–Crippen MR) is 84.8 cm³/mol. The van der Waals surface area contributed by atoms with Crippen molar-refractivity contribution in [2.75, 3.05) is 6.54 Å². The highest BCUT2D eigenvalue weighted by molar-refractivity contribution is 7.88. The first-order chi connectivity index (χ1) is 10.7. The standard InChI is InChI=1S/C15H19N3O4S/c1-15(2)8-3-9-17(14(15)10-16)23(21,22)11-12-4-6-13(7-5-12)18(19)20/h4-7,14H,3,8-9,11H2,1-2H3/t14-/m1/s1. The van der Waals surface area contributed by atoms with Crippen LogP contribution in [0.4, 0.5) is 5.69 Å². The largest absolute Gasteiger partial charge is 0.269 e. The topological polar surface area (TPSA) is 104 Å². The Morgan fingerprint density at radius 3 is 2.52 bits per heavy atom. The summed E-state index contributed by atoms with van der Waals surface area (Å²) in [6.07, 6.45) is 1.51. The van der Waals surface area contributed by atoms with E-state index in [4.69, 9.17) is 0 Å². The van der Waals surface area contributed by atoms with Crippen LogP contribution in [-0.4, -0.2) is 30.2 Å². The van der Waals surface area contributed by atoms with Crippen molar-refractivity contribution < 1.29 is 13.3 Å². The predicted octanol–water partition coefficient (Wildman–Crippen LogP) is 2.44. The average molecular weight is 337 g/mol. The second-order valence-corrected chi connectivity index (χ2v) is 8.34. The number of hydrogen-bond acceptors (Lipinski definition) is 5. The molecular formula is C15H19N3O4S. The Morgan fingerprint density at radius 2 is 2.00 bits per heavy atom. The normalized spacial score (nSPS) is 21.5. The van der Waals surface area contributed by atoms with Gasteiger partial charge in [-0.1, -0.05) is 26.0 Å². The van der Waals surface area contributed by atoms with Crippen LogP contribution in [0.15, 0.2) is 24.3 Å². The molecule has 0 unspecified atom stereocenters. The molecule has 0 bridgehead atoms. The number of nitro benzene ring substituents is 1. The molecule has 1 fully saturated rings. The minimum atomic E-state index is -3.66. The quantitative estimate of drug-likeness (QED) is 0.620. The van der Waals surface area contributed by atoms with Gasteiger partial charge in [-0.25, -0.2) is 8.42 Å². The fourth-order valence-electron chi connectivity index (χ4n) is 2.89. The number of piperidine rings is 1. The van der Waals surface area contributed by atoms with Gasteiger partial charge < -0.3 is 0 Å². The lowest BCUT2D eigenvalue weighted by atomic mass is 9.78. The van der Waals surface area contributed by atoms with Gasteiger partial charge in [-0.05, 0) is 23.8 Å². The molecule has 23 heavy (non-hydrogen) atoms. The van der Waals surface area contributed by atoms with Crippen LogP contribution in [0.2, 0.25) is 0 Å². The maximum absolute atomic E-state index is 12.7. The van der Waals surface area contributed by atoms with Crippen molar-refractivity contribution in [1.82, 2.24) is 4.31 Å². The fraction of sp³-hybridized carbons (Fsp3) is 0.533. The number of nitriles is 1. The lowest BCUT2D eigenvalue weighted by Crippen LogP contribution is -2.51. The Kier molecular flexibility index (Phi) is 4.73. The molecule has 1 aromatic rings. The molecule has 1 atom stereocenters. The summed E-state index contributed by atoms with van der Waals surface area (Å²) in [5.74, 6) is -0.265. The number of nitrogens with zero attached hydrogens (tertiary/aromatic N) is 3. The van der Waals surface area contributed by atoms with Crippen molar-refractivity contribution in [2.24, 2.45) is 5.41 Å². The van der Waals surface area contributed by atoms with E-state index in [2.05, 4.69) is 6.07 Å². The Balaban J connectivity index is 2.24. The summed E-state index contributed by atoms with van der Waals surface area (Å²) in [6.45, 7) is 4.12. The summed E-state index contributed by atoms with van der Waals surface area (Å²) in [4.78, 5) is 10.1. The first kappa shape index (κ1) is 17.4. The zero-order valence-electron chi connectivity index (χ0n) is 13.1. The van der Waals surface area contributed by atoms with Crippen LogP contribution < -0.4 is 0 Å². The monoisotopic (exact) mass is 337 g/mol. The van der Waals surface area contributed by atoms with E-state index < -0.39 is 26.4 Å². The molecule has 7 nitrogen and oxygen atoms in total. The molecule has 0 aliphatic carbocycles. The van der Waals surface area contributed by atoms with Gasteiger partial charge in [-0.3, -0.25) is 10.1 Å². The van der Waals surface area contributed by atoms with Crippen molar-refractivity contribution >= 4 is 15.7 Å². The molecule has 1 aliphatic heterocycles. The summed E-state index contributed by atoms with van der Waals surface area (Å²) < 4.78 is 26.6. The summed E-state index contributed by atoms with van der Waals surface area (Å²) in [6, 6.07) is 6.86. The van der Waals surface area contributed by atoms with E-state index in [9.17, 15) is 23.8 Å². The number of sulfonamides is 1. The minimum absolute atomic E-state index is 0.0832. The molecule has 1 saturated heterocycles. The molecule has 0 saturated carbocycles. The van der Waals surface area contributed by atoms with Crippen LogP contribution in [-0.2, 0) is 15.8 Å². The highest BCUT2D eigenvalue weighted by Gasteiger charge is 2.43. The third-order valence-corrected chi connectivity index (χ3v) is 6.01. The van der Waals surface area contributed by atoms with Crippen LogP contribution in [0.1, 0.15) is 32.3 Å². The summed E-state index contributed by atoms with van der Waals surface area (Å²) >= 11 is 0. The lowest BCUT2D eigenvalue weighted by molar-refractivity contribution is -0.384. The first-order valence-corrected chi connectivity index (χ1v) is 8.91. The zero-order chi connectivity index (χ0) is 17.3.